The lowest BCUT2D eigenvalue weighted by Gasteiger charge is -2.14. The minimum absolute atomic E-state index is 0.248. The van der Waals surface area contributed by atoms with E-state index < -0.39 is 23.8 Å². The van der Waals surface area contributed by atoms with Gasteiger partial charge < -0.3 is 15.4 Å². The van der Waals surface area contributed by atoms with Gasteiger partial charge in [-0.15, -0.1) is 0 Å². The average molecular weight is 299 g/mol. The number of rotatable bonds is 5. The van der Waals surface area contributed by atoms with Gasteiger partial charge in [-0.2, -0.15) is 0 Å². The van der Waals surface area contributed by atoms with Crippen molar-refractivity contribution >= 4 is 29.4 Å². The van der Waals surface area contributed by atoms with Crippen LogP contribution in [0.5, 0.6) is 0 Å². The molecule has 1 aromatic carbocycles. The smallest absolute Gasteiger partial charge is 0.325 e. The molecule has 2 amide bonds. The summed E-state index contributed by atoms with van der Waals surface area (Å²) in [5.41, 5.74) is 0.279. The molecule has 7 heteroatoms. The summed E-state index contributed by atoms with van der Waals surface area (Å²) in [5.74, 6) is -1.52. The Morgan fingerprint density at radius 2 is 1.95 bits per heavy atom. The van der Waals surface area contributed by atoms with Crippen molar-refractivity contribution in [3.63, 3.8) is 0 Å². The molecular weight excluding hydrogens is 284 g/mol. The van der Waals surface area contributed by atoms with E-state index in [9.17, 15) is 14.4 Å². The van der Waals surface area contributed by atoms with Gasteiger partial charge in [0.25, 0.3) is 5.91 Å². The molecule has 2 N–H and O–H groups in total. The molecule has 0 aliphatic rings. The van der Waals surface area contributed by atoms with Gasteiger partial charge in [0, 0.05) is 0 Å². The maximum Gasteiger partial charge on any atom is 0.325 e. The third kappa shape index (κ3) is 4.55. The minimum Gasteiger partial charge on any atom is -0.468 e. The molecule has 0 radical (unpaired) electrons. The van der Waals surface area contributed by atoms with Gasteiger partial charge in [0.1, 0.15) is 12.6 Å². The second-order valence-electron chi connectivity index (χ2n) is 3.97. The molecule has 20 heavy (non-hydrogen) atoms. The molecule has 108 valence electrons. The molecule has 0 aliphatic carbocycles. The number of amides is 2. The number of carbonyl (C=O) groups excluding carboxylic acids is 3. The quantitative estimate of drug-likeness (QED) is 0.786. The van der Waals surface area contributed by atoms with Gasteiger partial charge in [-0.05, 0) is 19.1 Å². The van der Waals surface area contributed by atoms with E-state index in [1.54, 1.807) is 24.3 Å². The fourth-order valence-corrected chi connectivity index (χ4v) is 1.59. The molecule has 0 aromatic heterocycles. The number of benzene rings is 1. The van der Waals surface area contributed by atoms with Crippen LogP contribution in [0.1, 0.15) is 17.3 Å². The molecule has 0 bridgehead atoms. The highest BCUT2D eigenvalue weighted by atomic mass is 35.5. The highest BCUT2D eigenvalue weighted by Crippen LogP contribution is 2.14. The molecule has 0 spiro atoms. The lowest BCUT2D eigenvalue weighted by molar-refractivity contribution is -0.141. The summed E-state index contributed by atoms with van der Waals surface area (Å²) in [6.45, 7) is 1.25. The molecule has 1 unspecified atom stereocenters. The van der Waals surface area contributed by atoms with Crippen molar-refractivity contribution in [2.24, 2.45) is 0 Å². The van der Waals surface area contributed by atoms with Crippen LogP contribution in [-0.4, -0.2) is 37.5 Å². The summed E-state index contributed by atoms with van der Waals surface area (Å²) < 4.78 is 4.39. The van der Waals surface area contributed by atoms with E-state index >= 15 is 0 Å². The number of halogens is 1. The van der Waals surface area contributed by atoms with Crippen LogP contribution >= 0.6 is 11.6 Å². The summed E-state index contributed by atoms with van der Waals surface area (Å²) in [7, 11) is 1.22. The van der Waals surface area contributed by atoms with Crippen molar-refractivity contribution < 1.29 is 19.1 Å². The Labute approximate surface area is 121 Å². The van der Waals surface area contributed by atoms with Gasteiger partial charge in [-0.3, -0.25) is 14.4 Å². The molecule has 0 heterocycles. The van der Waals surface area contributed by atoms with Crippen molar-refractivity contribution in [2.45, 2.75) is 13.0 Å². The monoisotopic (exact) mass is 298 g/mol. The Hall–Kier alpha value is -2.08. The van der Waals surface area contributed by atoms with Crippen LogP contribution in [0.25, 0.3) is 0 Å². The van der Waals surface area contributed by atoms with Gasteiger partial charge in [-0.25, -0.2) is 0 Å². The number of hydrogen-bond donors (Lipinski definition) is 2. The average Bonchev–Trinajstić information content (AvgIpc) is 2.44. The summed E-state index contributed by atoms with van der Waals surface area (Å²) in [5, 5.41) is 5.13. The second-order valence-corrected chi connectivity index (χ2v) is 4.38. The number of esters is 1. The van der Waals surface area contributed by atoms with Gasteiger partial charge in [0.05, 0.1) is 17.7 Å². The highest BCUT2D eigenvalue weighted by molar-refractivity contribution is 6.33. The fourth-order valence-electron chi connectivity index (χ4n) is 1.37. The van der Waals surface area contributed by atoms with Crippen LogP contribution in [0.4, 0.5) is 0 Å². The summed E-state index contributed by atoms with van der Waals surface area (Å²) >= 11 is 5.88. The van der Waals surface area contributed by atoms with Crippen molar-refractivity contribution in [3.05, 3.63) is 34.9 Å². The maximum atomic E-state index is 11.9. The third-order valence-corrected chi connectivity index (χ3v) is 2.82. The van der Waals surface area contributed by atoms with E-state index in [4.69, 9.17) is 11.6 Å². The topological polar surface area (TPSA) is 84.5 Å². The van der Waals surface area contributed by atoms with E-state index in [1.807, 2.05) is 0 Å². The molecule has 0 saturated heterocycles. The SMILES string of the molecule is COC(=O)CNC(=O)C(C)NC(=O)c1ccccc1Cl. The predicted molar refractivity (Wildman–Crippen MR) is 73.4 cm³/mol. The summed E-state index contributed by atoms with van der Waals surface area (Å²) in [6, 6.07) is 5.70. The Morgan fingerprint density at radius 1 is 1.30 bits per heavy atom. The third-order valence-electron chi connectivity index (χ3n) is 2.49. The van der Waals surface area contributed by atoms with Crippen LogP contribution in [0.15, 0.2) is 24.3 Å². The standard InChI is InChI=1S/C13H15ClN2O4/c1-8(12(18)15-7-11(17)20-2)16-13(19)9-5-3-4-6-10(9)14/h3-6,8H,7H2,1-2H3,(H,15,18)(H,16,19). The zero-order valence-corrected chi connectivity index (χ0v) is 11.9. The van der Waals surface area contributed by atoms with Crippen molar-refractivity contribution in [3.8, 4) is 0 Å². The zero-order valence-electron chi connectivity index (χ0n) is 11.1. The van der Waals surface area contributed by atoms with Crippen LogP contribution < -0.4 is 10.6 Å². The lowest BCUT2D eigenvalue weighted by atomic mass is 10.2. The van der Waals surface area contributed by atoms with Crippen LogP contribution in [0, 0.1) is 0 Å². The van der Waals surface area contributed by atoms with E-state index in [1.165, 1.54) is 14.0 Å². The first-order chi connectivity index (χ1) is 9.45. The Morgan fingerprint density at radius 3 is 2.55 bits per heavy atom. The molecule has 1 aromatic rings. The first-order valence-electron chi connectivity index (χ1n) is 5.85. The van der Waals surface area contributed by atoms with Gasteiger partial charge in [-0.1, -0.05) is 23.7 Å². The number of hydrogen-bond acceptors (Lipinski definition) is 4. The Kier molecular flexibility index (Phi) is 5.99. The normalized spacial score (nSPS) is 11.3. The number of carbonyl (C=O) groups is 3. The number of methoxy groups -OCH3 is 1. The van der Waals surface area contributed by atoms with Crippen LogP contribution in [0.2, 0.25) is 5.02 Å². The molecule has 0 fully saturated rings. The zero-order chi connectivity index (χ0) is 15.1. The largest absolute Gasteiger partial charge is 0.468 e. The molecule has 1 rings (SSSR count). The molecule has 1 atom stereocenters. The van der Waals surface area contributed by atoms with Crippen LogP contribution in [0.3, 0.4) is 0 Å². The van der Waals surface area contributed by atoms with Gasteiger partial charge in [0.15, 0.2) is 0 Å². The Bertz CT molecular complexity index is 519. The summed E-state index contributed by atoms with van der Waals surface area (Å²) in [6.07, 6.45) is 0. The molecule has 0 aliphatic heterocycles. The summed E-state index contributed by atoms with van der Waals surface area (Å²) in [4.78, 5) is 34.4. The Balaban J connectivity index is 2.55. The highest BCUT2D eigenvalue weighted by Gasteiger charge is 2.18. The van der Waals surface area contributed by atoms with E-state index in [-0.39, 0.29) is 12.1 Å². The van der Waals surface area contributed by atoms with Crippen molar-refractivity contribution in [1.82, 2.24) is 10.6 Å². The van der Waals surface area contributed by atoms with Crippen molar-refractivity contribution in [1.29, 1.82) is 0 Å². The van der Waals surface area contributed by atoms with E-state index in [0.717, 1.165) is 0 Å². The van der Waals surface area contributed by atoms with E-state index in [2.05, 4.69) is 15.4 Å². The van der Waals surface area contributed by atoms with Gasteiger partial charge in [0.2, 0.25) is 5.91 Å². The predicted octanol–water partition coefficient (Wildman–Crippen LogP) is 0.748. The minimum atomic E-state index is -0.802. The van der Waals surface area contributed by atoms with Crippen molar-refractivity contribution in [2.75, 3.05) is 13.7 Å². The number of ether oxygens (including phenoxy) is 1. The van der Waals surface area contributed by atoms with Crippen LogP contribution in [-0.2, 0) is 14.3 Å². The molecule has 6 nitrogen and oxygen atoms in total. The fraction of sp³-hybridized carbons (Fsp3) is 0.308. The molecule has 0 saturated carbocycles. The van der Waals surface area contributed by atoms with E-state index in [0.29, 0.717) is 5.02 Å². The van der Waals surface area contributed by atoms with Gasteiger partial charge >= 0.3 is 5.97 Å². The number of nitrogens with one attached hydrogen (secondary N) is 2. The first-order valence-corrected chi connectivity index (χ1v) is 6.23. The maximum absolute atomic E-state index is 11.9. The second kappa shape index (κ2) is 7.49. The first kappa shape index (κ1) is 16.0. The molecular formula is C13H15ClN2O4. The lowest BCUT2D eigenvalue weighted by Crippen LogP contribution is -2.46.